The van der Waals surface area contributed by atoms with Crippen LogP contribution >= 0.6 is 0 Å². The zero-order chi connectivity index (χ0) is 35.2. The van der Waals surface area contributed by atoms with Crippen molar-refractivity contribution in [3.63, 3.8) is 0 Å². The SMILES string of the molecule is CS(=O)(=O)O.CS(=O)(=O)O.Cc1cc(OCCN2CCOCC2)cc(C)c1-c1cccc(CNc2ccc(CCC(=O)O)c(F)c2)c1. The molecule has 0 unspecified atom stereocenters. The Morgan fingerprint density at radius 2 is 1.55 bits per heavy atom. The van der Waals surface area contributed by atoms with Crippen LogP contribution in [0.5, 0.6) is 5.75 Å². The van der Waals surface area contributed by atoms with Crippen LogP contribution in [0.25, 0.3) is 11.1 Å². The number of hydrogen-bond acceptors (Lipinski definition) is 9. The van der Waals surface area contributed by atoms with E-state index in [9.17, 15) is 26.0 Å². The number of nitrogens with zero attached hydrogens (tertiary/aromatic N) is 1. The van der Waals surface area contributed by atoms with Gasteiger partial charge in [-0.2, -0.15) is 16.8 Å². The predicted molar refractivity (Wildman–Crippen MR) is 179 cm³/mol. The summed E-state index contributed by atoms with van der Waals surface area (Å²) in [5.41, 5.74) is 6.79. The van der Waals surface area contributed by atoms with Crippen LogP contribution in [0, 0.1) is 19.7 Å². The number of morpholine rings is 1. The van der Waals surface area contributed by atoms with Gasteiger partial charge in [0.05, 0.1) is 25.7 Å². The molecule has 1 aliphatic heterocycles. The third kappa shape index (κ3) is 17.2. The van der Waals surface area contributed by atoms with Gasteiger partial charge in [0.2, 0.25) is 0 Å². The summed E-state index contributed by atoms with van der Waals surface area (Å²) >= 11 is 0. The van der Waals surface area contributed by atoms with Crippen molar-refractivity contribution in [2.75, 3.05) is 57.3 Å². The van der Waals surface area contributed by atoms with E-state index in [0.29, 0.717) is 36.9 Å². The monoisotopic (exact) mass is 698 g/mol. The van der Waals surface area contributed by atoms with Crippen LogP contribution in [0.1, 0.15) is 28.7 Å². The molecule has 260 valence electrons. The van der Waals surface area contributed by atoms with E-state index in [-0.39, 0.29) is 12.8 Å². The summed E-state index contributed by atoms with van der Waals surface area (Å²) in [6.07, 6.45) is 1.52. The van der Waals surface area contributed by atoms with Crippen molar-refractivity contribution in [1.29, 1.82) is 0 Å². The van der Waals surface area contributed by atoms with Gasteiger partial charge >= 0.3 is 5.97 Å². The van der Waals surface area contributed by atoms with Gasteiger partial charge in [0.15, 0.2) is 0 Å². The van der Waals surface area contributed by atoms with Crippen molar-refractivity contribution >= 4 is 31.9 Å². The maximum atomic E-state index is 14.4. The molecule has 1 saturated heterocycles. The van der Waals surface area contributed by atoms with E-state index in [1.165, 1.54) is 11.6 Å². The zero-order valence-corrected chi connectivity index (χ0v) is 28.5. The van der Waals surface area contributed by atoms with E-state index < -0.39 is 32.0 Å². The lowest BCUT2D eigenvalue weighted by Gasteiger charge is -2.26. The number of aliphatic carboxylic acids is 1. The van der Waals surface area contributed by atoms with E-state index in [0.717, 1.165) is 60.9 Å². The molecule has 0 bridgehead atoms. The smallest absolute Gasteiger partial charge is 0.303 e. The van der Waals surface area contributed by atoms with Gasteiger partial charge < -0.3 is 19.9 Å². The Morgan fingerprint density at radius 3 is 2.11 bits per heavy atom. The van der Waals surface area contributed by atoms with Crippen LogP contribution in [-0.2, 0) is 42.7 Å². The minimum absolute atomic E-state index is 0.0864. The number of rotatable bonds is 11. The minimum atomic E-state index is -3.67. The van der Waals surface area contributed by atoms with Crippen LogP contribution in [0.2, 0.25) is 0 Å². The van der Waals surface area contributed by atoms with Gasteiger partial charge in [-0.05, 0) is 84.0 Å². The molecule has 12 nitrogen and oxygen atoms in total. The molecule has 3 aromatic rings. The van der Waals surface area contributed by atoms with Crippen LogP contribution in [0.4, 0.5) is 10.1 Å². The Morgan fingerprint density at radius 1 is 0.957 bits per heavy atom. The Balaban J connectivity index is 0.000000670. The summed E-state index contributed by atoms with van der Waals surface area (Å²) < 4.78 is 77.6. The summed E-state index contributed by atoms with van der Waals surface area (Å²) in [4.78, 5) is 13.1. The van der Waals surface area contributed by atoms with Gasteiger partial charge in [0, 0.05) is 38.3 Å². The number of nitrogens with one attached hydrogen (secondary N) is 1. The molecule has 47 heavy (non-hydrogen) atoms. The first kappa shape index (κ1) is 39.6. The summed E-state index contributed by atoms with van der Waals surface area (Å²) in [5, 5.41) is 12.1. The van der Waals surface area contributed by atoms with Crippen LogP contribution in [0.3, 0.4) is 0 Å². The summed E-state index contributed by atoms with van der Waals surface area (Å²) in [7, 11) is -7.33. The lowest BCUT2D eigenvalue weighted by Crippen LogP contribution is -2.38. The minimum Gasteiger partial charge on any atom is -0.492 e. The fourth-order valence-electron chi connectivity index (χ4n) is 4.72. The number of aryl methyl sites for hydroxylation is 3. The maximum Gasteiger partial charge on any atom is 0.303 e. The molecule has 0 saturated carbocycles. The molecule has 0 spiro atoms. The highest BCUT2D eigenvalue weighted by Gasteiger charge is 2.12. The van der Waals surface area contributed by atoms with Crippen molar-refractivity contribution in [1.82, 2.24) is 4.90 Å². The molecule has 0 amide bonds. The molecule has 0 radical (unpaired) electrons. The number of halogens is 1. The van der Waals surface area contributed by atoms with Crippen molar-refractivity contribution in [3.05, 3.63) is 82.7 Å². The van der Waals surface area contributed by atoms with Crippen molar-refractivity contribution in [2.45, 2.75) is 33.2 Å². The Labute approximate surface area is 276 Å². The van der Waals surface area contributed by atoms with Gasteiger partial charge in [-0.1, -0.05) is 24.3 Å². The zero-order valence-electron chi connectivity index (χ0n) is 26.9. The number of ether oxygens (including phenoxy) is 2. The van der Waals surface area contributed by atoms with Gasteiger partial charge in [0.1, 0.15) is 18.2 Å². The standard InChI is InChI=1S/C30H35FN2O4.2CH4O3S/c1-21-16-27(37-15-12-33-10-13-36-14-11-33)17-22(2)30(21)25-5-3-4-23(18-25)20-32-26-8-6-24(28(31)19-26)7-9-29(34)35;2*1-5(2,3)4/h3-6,8,16-19,32H,7,9-15,20H2,1-2H3,(H,34,35);2*1H3,(H,2,3,4). The number of benzene rings is 3. The van der Waals surface area contributed by atoms with Crippen molar-refractivity contribution in [3.8, 4) is 16.9 Å². The second-order valence-electron chi connectivity index (χ2n) is 11.0. The second-order valence-corrected chi connectivity index (χ2v) is 13.9. The largest absolute Gasteiger partial charge is 0.492 e. The number of carbonyl (C=O) groups is 1. The first-order chi connectivity index (χ1) is 21.9. The number of carboxylic acids is 1. The topological polar surface area (TPSA) is 180 Å². The first-order valence-electron chi connectivity index (χ1n) is 14.6. The Bertz CT molecular complexity index is 1620. The van der Waals surface area contributed by atoms with Gasteiger partial charge in [-0.3, -0.25) is 18.8 Å². The fourth-order valence-corrected chi connectivity index (χ4v) is 4.72. The van der Waals surface area contributed by atoms with Crippen molar-refractivity contribution in [2.24, 2.45) is 0 Å². The molecular formula is C32H43FN2O10S2. The highest BCUT2D eigenvalue weighted by Crippen LogP contribution is 2.32. The average Bonchev–Trinajstić information content (AvgIpc) is 2.94. The molecule has 0 atom stereocenters. The van der Waals surface area contributed by atoms with Gasteiger partial charge in [-0.25, -0.2) is 4.39 Å². The van der Waals surface area contributed by atoms with E-state index in [1.807, 2.05) is 12.1 Å². The fraction of sp³-hybridized carbons (Fsp3) is 0.406. The summed E-state index contributed by atoms with van der Waals surface area (Å²) in [6.45, 7) is 9.81. The molecular weight excluding hydrogens is 655 g/mol. The van der Waals surface area contributed by atoms with Crippen molar-refractivity contribution < 1.29 is 49.7 Å². The van der Waals surface area contributed by atoms with E-state index in [2.05, 4.69) is 48.3 Å². The van der Waals surface area contributed by atoms with E-state index in [4.69, 9.17) is 23.7 Å². The molecule has 4 N–H and O–H groups in total. The normalized spacial score (nSPS) is 13.4. The quantitative estimate of drug-likeness (QED) is 0.207. The van der Waals surface area contributed by atoms with Crippen LogP contribution in [-0.4, -0.2) is 93.9 Å². The number of carboxylic acid groups (broad SMARTS) is 1. The first-order valence-corrected chi connectivity index (χ1v) is 18.3. The predicted octanol–water partition coefficient (Wildman–Crippen LogP) is 4.46. The maximum absolute atomic E-state index is 14.4. The molecule has 0 aromatic heterocycles. The van der Waals surface area contributed by atoms with E-state index >= 15 is 0 Å². The van der Waals surface area contributed by atoms with Crippen LogP contribution in [0.15, 0.2) is 54.6 Å². The summed E-state index contributed by atoms with van der Waals surface area (Å²) in [5.74, 6) is -0.435. The van der Waals surface area contributed by atoms with Gasteiger partial charge in [0.25, 0.3) is 20.2 Å². The Kier molecular flexibility index (Phi) is 15.7. The summed E-state index contributed by atoms with van der Waals surface area (Å²) in [6, 6.07) is 17.4. The van der Waals surface area contributed by atoms with E-state index in [1.54, 1.807) is 12.1 Å². The highest BCUT2D eigenvalue weighted by atomic mass is 32.2. The third-order valence-corrected chi connectivity index (χ3v) is 6.66. The lowest BCUT2D eigenvalue weighted by molar-refractivity contribution is -0.136. The molecule has 3 aromatic carbocycles. The molecule has 1 fully saturated rings. The number of anilines is 1. The Hall–Kier alpha value is -3.60. The molecule has 0 aliphatic carbocycles. The highest BCUT2D eigenvalue weighted by molar-refractivity contribution is 7.85. The molecule has 1 aliphatic rings. The number of hydrogen-bond donors (Lipinski definition) is 4. The third-order valence-electron chi connectivity index (χ3n) is 6.66. The molecule has 15 heteroatoms. The lowest BCUT2D eigenvalue weighted by atomic mass is 9.94. The average molecular weight is 699 g/mol. The second kappa shape index (κ2) is 18.7. The van der Waals surface area contributed by atoms with Gasteiger partial charge in [-0.15, -0.1) is 0 Å². The molecule has 4 rings (SSSR count). The molecule has 1 heterocycles. The van der Waals surface area contributed by atoms with Crippen LogP contribution < -0.4 is 10.1 Å².